The lowest BCUT2D eigenvalue weighted by Crippen LogP contribution is -2.35. The van der Waals surface area contributed by atoms with Crippen LogP contribution in [0.5, 0.6) is 0 Å². The van der Waals surface area contributed by atoms with Crippen LogP contribution < -0.4 is 5.32 Å². The number of nitrogens with one attached hydrogen (secondary N) is 1. The van der Waals surface area contributed by atoms with Crippen LogP contribution in [0.1, 0.15) is 23.6 Å². The molecule has 1 heterocycles. The summed E-state index contributed by atoms with van der Waals surface area (Å²) < 4.78 is 50.0. The predicted molar refractivity (Wildman–Crippen MR) is 54.0 cm³/mol. The van der Waals surface area contributed by atoms with E-state index in [2.05, 4.69) is 5.32 Å². The first-order valence-corrected chi connectivity index (χ1v) is 4.58. The normalized spacial score (nSPS) is 19.9. The average Bonchev–Trinajstić information content (AvgIpc) is 2.03. The van der Waals surface area contributed by atoms with Gasteiger partial charge in [0.15, 0.2) is 0 Å². The Balaban J connectivity index is 0.00000128. The van der Waals surface area contributed by atoms with Gasteiger partial charge in [-0.2, -0.15) is 13.2 Å². The molecular formula is C10H10ClF4N. The molecule has 0 radical (unpaired) electrons. The van der Waals surface area contributed by atoms with Gasteiger partial charge in [0.2, 0.25) is 0 Å². The summed E-state index contributed by atoms with van der Waals surface area (Å²) in [5.74, 6) is -0.790. The van der Waals surface area contributed by atoms with Crippen molar-refractivity contribution in [2.75, 3.05) is 6.54 Å². The van der Waals surface area contributed by atoms with Crippen LogP contribution in [0.2, 0.25) is 0 Å². The van der Waals surface area contributed by atoms with Gasteiger partial charge in [-0.15, -0.1) is 12.4 Å². The van der Waals surface area contributed by atoms with Crippen LogP contribution in [-0.4, -0.2) is 6.54 Å². The molecule has 1 aliphatic heterocycles. The highest BCUT2D eigenvalue weighted by atomic mass is 35.5. The molecule has 0 aliphatic carbocycles. The topological polar surface area (TPSA) is 12.0 Å². The molecule has 1 N–H and O–H groups in total. The fourth-order valence-electron chi connectivity index (χ4n) is 1.54. The van der Waals surface area contributed by atoms with Crippen molar-refractivity contribution in [2.45, 2.75) is 18.6 Å². The van der Waals surface area contributed by atoms with E-state index in [0.717, 1.165) is 19.0 Å². The molecule has 90 valence electrons. The minimum Gasteiger partial charge on any atom is -0.310 e. The Morgan fingerprint density at radius 2 is 1.88 bits per heavy atom. The summed E-state index contributed by atoms with van der Waals surface area (Å²) >= 11 is 0. The second kappa shape index (κ2) is 4.59. The number of hydrogen-bond donors (Lipinski definition) is 1. The number of alkyl halides is 3. The molecule has 0 spiro atoms. The zero-order valence-electron chi connectivity index (χ0n) is 8.14. The molecule has 1 nitrogen and oxygen atoms in total. The van der Waals surface area contributed by atoms with Gasteiger partial charge in [0, 0.05) is 11.6 Å². The van der Waals surface area contributed by atoms with E-state index < -0.39 is 17.6 Å². The zero-order chi connectivity index (χ0) is 11.1. The summed E-state index contributed by atoms with van der Waals surface area (Å²) in [6, 6.07) is 2.54. The van der Waals surface area contributed by atoms with Gasteiger partial charge >= 0.3 is 6.18 Å². The van der Waals surface area contributed by atoms with E-state index in [4.69, 9.17) is 0 Å². The fourth-order valence-corrected chi connectivity index (χ4v) is 1.54. The van der Waals surface area contributed by atoms with Crippen molar-refractivity contribution in [2.24, 2.45) is 0 Å². The number of rotatable bonds is 1. The maximum atomic E-state index is 13.3. The van der Waals surface area contributed by atoms with E-state index in [9.17, 15) is 17.6 Å². The molecule has 1 aromatic carbocycles. The molecule has 1 saturated heterocycles. The van der Waals surface area contributed by atoms with E-state index in [-0.39, 0.29) is 18.4 Å². The van der Waals surface area contributed by atoms with Gasteiger partial charge in [0.05, 0.1) is 5.56 Å². The van der Waals surface area contributed by atoms with Crippen LogP contribution in [0.15, 0.2) is 18.2 Å². The smallest absolute Gasteiger partial charge is 0.310 e. The number of halogens is 5. The highest BCUT2D eigenvalue weighted by Crippen LogP contribution is 2.32. The van der Waals surface area contributed by atoms with Crippen molar-refractivity contribution >= 4 is 12.4 Å². The molecule has 1 aliphatic rings. The van der Waals surface area contributed by atoms with Crippen LogP contribution in [-0.2, 0) is 6.18 Å². The quantitative estimate of drug-likeness (QED) is 0.760. The van der Waals surface area contributed by atoms with Gasteiger partial charge < -0.3 is 5.32 Å². The first-order valence-electron chi connectivity index (χ1n) is 4.58. The maximum absolute atomic E-state index is 13.3. The van der Waals surface area contributed by atoms with Crippen LogP contribution in [0, 0.1) is 5.82 Å². The van der Waals surface area contributed by atoms with E-state index in [1.165, 1.54) is 6.07 Å². The number of hydrogen-bond acceptors (Lipinski definition) is 1. The van der Waals surface area contributed by atoms with E-state index in [1.54, 1.807) is 0 Å². The molecule has 1 fully saturated rings. The molecule has 0 amide bonds. The van der Waals surface area contributed by atoms with Crippen molar-refractivity contribution < 1.29 is 17.6 Å². The van der Waals surface area contributed by atoms with Crippen molar-refractivity contribution in [3.8, 4) is 0 Å². The first-order chi connectivity index (χ1) is 6.98. The SMILES string of the molecule is Cl.Fc1cc(C(F)(F)F)ccc1[C@H]1CCN1. The number of benzene rings is 1. The van der Waals surface area contributed by atoms with Gasteiger partial charge in [0.25, 0.3) is 0 Å². The molecular weight excluding hydrogens is 246 g/mol. The van der Waals surface area contributed by atoms with Crippen molar-refractivity contribution in [3.05, 3.63) is 35.1 Å². The Morgan fingerprint density at radius 1 is 1.25 bits per heavy atom. The molecule has 6 heteroatoms. The second-order valence-electron chi connectivity index (χ2n) is 3.53. The summed E-state index contributed by atoms with van der Waals surface area (Å²) in [5.41, 5.74) is -0.627. The summed E-state index contributed by atoms with van der Waals surface area (Å²) in [6.07, 6.45) is -3.71. The Kier molecular flexibility index (Phi) is 3.80. The summed E-state index contributed by atoms with van der Waals surface area (Å²) in [7, 11) is 0. The van der Waals surface area contributed by atoms with E-state index in [1.807, 2.05) is 0 Å². The Bertz CT molecular complexity index is 374. The molecule has 2 rings (SSSR count). The lowest BCUT2D eigenvalue weighted by Gasteiger charge is -2.28. The molecule has 0 saturated carbocycles. The third-order valence-corrected chi connectivity index (χ3v) is 2.53. The van der Waals surface area contributed by atoms with E-state index in [0.29, 0.717) is 11.6 Å². The third kappa shape index (κ3) is 2.47. The lowest BCUT2D eigenvalue weighted by atomic mass is 9.96. The largest absolute Gasteiger partial charge is 0.416 e. The minimum absolute atomic E-state index is 0. The van der Waals surface area contributed by atoms with E-state index >= 15 is 0 Å². The Hall–Kier alpha value is -0.810. The monoisotopic (exact) mass is 255 g/mol. The highest BCUT2D eigenvalue weighted by molar-refractivity contribution is 5.85. The maximum Gasteiger partial charge on any atom is 0.416 e. The minimum atomic E-state index is -4.48. The van der Waals surface area contributed by atoms with Crippen LogP contribution >= 0.6 is 12.4 Å². The molecule has 0 bridgehead atoms. The summed E-state index contributed by atoms with van der Waals surface area (Å²) in [4.78, 5) is 0. The van der Waals surface area contributed by atoms with Gasteiger partial charge in [0.1, 0.15) is 5.82 Å². The van der Waals surface area contributed by atoms with Gasteiger partial charge in [-0.25, -0.2) is 4.39 Å². The molecule has 1 aromatic rings. The standard InChI is InChI=1S/C10H9F4N.ClH/c11-8-5-6(10(12,13)14)1-2-7(8)9-3-4-15-9;/h1-2,5,9,15H,3-4H2;1H/t9-;/m1./s1. The second-order valence-corrected chi connectivity index (χ2v) is 3.53. The van der Waals surface area contributed by atoms with Crippen molar-refractivity contribution in [1.29, 1.82) is 0 Å². The van der Waals surface area contributed by atoms with Gasteiger partial charge in [-0.1, -0.05) is 6.07 Å². The fraction of sp³-hybridized carbons (Fsp3) is 0.400. The predicted octanol–water partition coefficient (Wildman–Crippen LogP) is 3.30. The van der Waals surface area contributed by atoms with Crippen LogP contribution in [0.25, 0.3) is 0 Å². The van der Waals surface area contributed by atoms with Crippen LogP contribution in [0.3, 0.4) is 0 Å². The Morgan fingerprint density at radius 3 is 2.25 bits per heavy atom. The summed E-state index contributed by atoms with van der Waals surface area (Å²) in [5, 5.41) is 2.94. The molecule has 1 atom stereocenters. The van der Waals surface area contributed by atoms with Gasteiger partial charge in [-0.3, -0.25) is 0 Å². The molecule has 16 heavy (non-hydrogen) atoms. The molecule has 0 unspecified atom stereocenters. The van der Waals surface area contributed by atoms with Gasteiger partial charge in [-0.05, 0) is 25.1 Å². The highest BCUT2D eigenvalue weighted by Gasteiger charge is 2.32. The zero-order valence-corrected chi connectivity index (χ0v) is 8.96. The molecule has 0 aromatic heterocycles. The van der Waals surface area contributed by atoms with Crippen LogP contribution in [0.4, 0.5) is 17.6 Å². The first kappa shape index (κ1) is 13.3. The third-order valence-electron chi connectivity index (χ3n) is 2.53. The summed E-state index contributed by atoms with van der Waals surface area (Å²) in [6.45, 7) is 0.783. The van der Waals surface area contributed by atoms with Crippen molar-refractivity contribution in [1.82, 2.24) is 5.32 Å². The lowest BCUT2D eigenvalue weighted by molar-refractivity contribution is -0.137. The Labute approximate surface area is 96.3 Å². The average molecular weight is 256 g/mol. The van der Waals surface area contributed by atoms with Crippen molar-refractivity contribution in [3.63, 3.8) is 0 Å².